The van der Waals surface area contributed by atoms with Crippen molar-refractivity contribution in [3.8, 4) is 0 Å². The predicted molar refractivity (Wildman–Crippen MR) is 65.6 cm³/mol. The largest absolute Gasteiger partial charge is 0.350 e. The maximum atomic E-state index is 11.9. The number of hydrogen-bond acceptors (Lipinski definition) is 2. The summed E-state index contributed by atoms with van der Waals surface area (Å²) in [5, 5.41) is 5.53. The number of carbonyl (C=O) groups excluding carboxylic acids is 1. The lowest BCUT2D eigenvalue weighted by molar-refractivity contribution is -0.123. The molecule has 1 saturated heterocycles. The van der Waals surface area contributed by atoms with E-state index in [1.165, 1.54) is 0 Å². The lowest BCUT2D eigenvalue weighted by atomic mass is 9.85. The number of nitrogens with one attached hydrogen (secondary N) is 2. The zero-order valence-electron chi connectivity index (χ0n) is 10.0. The number of hydrogen-bond donors (Lipinski definition) is 2. The van der Waals surface area contributed by atoms with Crippen LogP contribution in [-0.2, 0) is 4.79 Å². The Balaban J connectivity index is 0.00000256. The van der Waals surface area contributed by atoms with Gasteiger partial charge in [0, 0.05) is 6.42 Å². The molecule has 0 radical (unpaired) electrons. The first kappa shape index (κ1) is 16.6. The van der Waals surface area contributed by atoms with Crippen molar-refractivity contribution >= 4 is 18.3 Å². The van der Waals surface area contributed by atoms with Crippen molar-refractivity contribution in [2.45, 2.75) is 32.6 Å². The predicted octanol–water partition coefficient (Wildman–Crippen LogP) is 1.82. The molecule has 0 bridgehead atoms. The van der Waals surface area contributed by atoms with Crippen LogP contribution >= 0.6 is 12.4 Å². The second kappa shape index (κ2) is 8.64. The molecule has 0 aliphatic carbocycles. The Kier molecular flexibility index (Phi) is 8.43. The van der Waals surface area contributed by atoms with Crippen molar-refractivity contribution in [3.05, 3.63) is 0 Å². The van der Waals surface area contributed by atoms with Gasteiger partial charge >= 0.3 is 0 Å². The average molecular weight is 271 g/mol. The van der Waals surface area contributed by atoms with Crippen molar-refractivity contribution in [2.24, 2.45) is 11.8 Å². The van der Waals surface area contributed by atoms with Crippen molar-refractivity contribution < 1.29 is 13.6 Å². The molecule has 0 saturated carbocycles. The molecule has 1 amide bonds. The fraction of sp³-hybridized carbons (Fsp3) is 0.909. The highest BCUT2D eigenvalue weighted by Gasteiger charge is 2.22. The first-order valence-corrected chi connectivity index (χ1v) is 5.85. The zero-order valence-corrected chi connectivity index (χ0v) is 10.9. The van der Waals surface area contributed by atoms with Crippen molar-refractivity contribution in [2.75, 3.05) is 19.6 Å². The molecule has 0 spiro atoms. The van der Waals surface area contributed by atoms with Gasteiger partial charge in [-0.25, -0.2) is 8.78 Å². The van der Waals surface area contributed by atoms with Crippen LogP contribution in [0.1, 0.15) is 26.2 Å². The highest BCUT2D eigenvalue weighted by molar-refractivity contribution is 5.85. The van der Waals surface area contributed by atoms with E-state index in [0.29, 0.717) is 12.3 Å². The second-order valence-corrected chi connectivity index (χ2v) is 4.48. The van der Waals surface area contributed by atoms with Gasteiger partial charge in [0.25, 0.3) is 6.43 Å². The average Bonchev–Trinajstić information content (AvgIpc) is 2.27. The normalized spacial score (nSPS) is 21.8. The van der Waals surface area contributed by atoms with Crippen LogP contribution in [0.15, 0.2) is 0 Å². The summed E-state index contributed by atoms with van der Waals surface area (Å²) in [5.41, 5.74) is 0. The van der Waals surface area contributed by atoms with Crippen molar-refractivity contribution in [3.63, 3.8) is 0 Å². The maximum Gasteiger partial charge on any atom is 0.255 e. The summed E-state index contributed by atoms with van der Waals surface area (Å²) in [6.45, 7) is 3.46. The van der Waals surface area contributed by atoms with Crippen LogP contribution in [0.5, 0.6) is 0 Å². The summed E-state index contributed by atoms with van der Waals surface area (Å²) in [6, 6.07) is 0. The van der Waals surface area contributed by atoms with E-state index in [0.717, 1.165) is 25.9 Å². The van der Waals surface area contributed by atoms with Crippen LogP contribution in [0.25, 0.3) is 0 Å². The van der Waals surface area contributed by atoms with Gasteiger partial charge in [0.15, 0.2) is 0 Å². The maximum absolute atomic E-state index is 11.9. The van der Waals surface area contributed by atoms with Crippen LogP contribution in [-0.4, -0.2) is 32.0 Å². The number of amides is 1. The second-order valence-electron chi connectivity index (χ2n) is 4.48. The molecule has 2 atom stereocenters. The Morgan fingerprint density at radius 2 is 2.24 bits per heavy atom. The van der Waals surface area contributed by atoms with Gasteiger partial charge in [0.05, 0.1) is 6.54 Å². The van der Waals surface area contributed by atoms with Crippen molar-refractivity contribution in [1.29, 1.82) is 0 Å². The first-order valence-electron chi connectivity index (χ1n) is 5.85. The topological polar surface area (TPSA) is 41.1 Å². The third kappa shape index (κ3) is 6.78. The molecule has 2 N–H and O–H groups in total. The molecule has 3 nitrogen and oxygen atoms in total. The quantitative estimate of drug-likeness (QED) is 0.800. The first-order chi connectivity index (χ1) is 7.59. The fourth-order valence-corrected chi connectivity index (χ4v) is 2.09. The van der Waals surface area contributed by atoms with E-state index in [4.69, 9.17) is 0 Å². The van der Waals surface area contributed by atoms with Crippen LogP contribution < -0.4 is 10.6 Å². The van der Waals surface area contributed by atoms with Gasteiger partial charge in [-0.15, -0.1) is 12.4 Å². The summed E-state index contributed by atoms with van der Waals surface area (Å²) in [5.74, 6) is 0.481. The molecule has 1 aliphatic heterocycles. The van der Waals surface area contributed by atoms with Gasteiger partial charge in [-0.3, -0.25) is 4.79 Å². The third-order valence-corrected chi connectivity index (χ3v) is 3.10. The molecule has 102 valence electrons. The molecule has 1 heterocycles. The van der Waals surface area contributed by atoms with E-state index in [9.17, 15) is 13.6 Å². The Morgan fingerprint density at radius 1 is 1.53 bits per heavy atom. The third-order valence-electron chi connectivity index (χ3n) is 3.10. The molecule has 2 unspecified atom stereocenters. The summed E-state index contributed by atoms with van der Waals surface area (Å²) in [6.07, 6.45) is 0.138. The van der Waals surface area contributed by atoms with Gasteiger partial charge in [-0.2, -0.15) is 0 Å². The van der Waals surface area contributed by atoms with Crippen LogP contribution in [0.4, 0.5) is 8.78 Å². The zero-order chi connectivity index (χ0) is 12.0. The monoisotopic (exact) mass is 270 g/mol. The number of rotatable bonds is 5. The summed E-state index contributed by atoms with van der Waals surface area (Å²) < 4.78 is 23.7. The molecule has 1 aliphatic rings. The minimum atomic E-state index is -2.46. The van der Waals surface area contributed by atoms with E-state index >= 15 is 0 Å². The van der Waals surface area contributed by atoms with Gasteiger partial charge in [0.1, 0.15) is 0 Å². The van der Waals surface area contributed by atoms with Gasteiger partial charge < -0.3 is 10.6 Å². The van der Waals surface area contributed by atoms with Gasteiger partial charge in [-0.1, -0.05) is 6.92 Å². The SMILES string of the molecule is CC(CC(=O)NCC(F)F)C1CCCNC1.Cl. The fourth-order valence-electron chi connectivity index (χ4n) is 2.09. The number of halogens is 3. The number of piperidine rings is 1. The Morgan fingerprint density at radius 3 is 2.76 bits per heavy atom. The molecule has 17 heavy (non-hydrogen) atoms. The molecule has 1 fully saturated rings. The minimum Gasteiger partial charge on any atom is -0.350 e. The molecule has 6 heteroatoms. The van der Waals surface area contributed by atoms with E-state index in [-0.39, 0.29) is 24.2 Å². The Labute approximate surface area is 107 Å². The minimum absolute atomic E-state index is 0. The van der Waals surface area contributed by atoms with Gasteiger partial charge in [0.2, 0.25) is 5.91 Å². The number of carbonyl (C=O) groups is 1. The van der Waals surface area contributed by atoms with Crippen LogP contribution in [0.2, 0.25) is 0 Å². The van der Waals surface area contributed by atoms with Gasteiger partial charge in [-0.05, 0) is 37.8 Å². The van der Waals surface area contributed by atoms with E-state index < -0.39 is 13.0 Å². The highest BCUT2D eigenvalue weighted by Crippen LogP contribution is 2.22. The molecule has 0 aromatic rings. The lowest BCUT2D eigenvalue weighted by Gasteiger charge is -2.27. The summed E-state index contributed by atoms with van der Waals surface area (Å²) in [7, 11) is 0. The molecular weight excluding hydrogens is 250 g/mol. The van der Waals surface area contributed by atoms with Crippen LogP contribution in [0.3, 0.4) is 0 Å². The smallest absolute Gasteiger partial charge is 0.255 e. The molecule has 0 aromatic carbocycles. The highest BCUT2D eigenvalue weighted by atomic mass is 35.5. The Hall–Kier alpha value is -0.420. The summed E-state index contributed by atoms with van der Waals surface area (Å²) in [4.78, 5) is 11.3. The van der Waals surface area contributed by atoms with E-state index in [2.05, 4.69) is 10.6 Å². The van der Waals surface area contributed by atoms with Crippen LogP contribution in [0, 0.1) is 11.8 Å². The van der Waals surface area contributed by atoms with E-state index in [1.54, 1.807) is 0 Å². The molecule has 0 aromatic heterocycles. The standard InChI is InChI=1S/C11H20F2N2O.ClH/c1-8(9-3-2-4-14-6-9)5-11(16)15-7-10(12)13;/h8-10,14H,2-7H2,1H3,(H,15,16);1H. The van der Waals surface area contributed by atoms with Crippen molar-refractivity contribution in [1.82, 2.24) is 10.6 Å². The summed E-state index contributed by atoms with van der Waals surface area (Å²) >= 11 is 0. The van der Waals surface area contributed by atoms with E-state index in [1.807, 2.05) is 6.92 Å². The Bertz CT molecular complexity index is 224. The number of alkyl halides is 2. The molecule has 1 rings (SSSR count). The molecular formula is C11H21ClF2N2O. The lowest BCUT2D eigenvalue weighted by Crippen LogP contribution is -2.36.